The number of nitrogens with one attached hydrogen (secondary N) is 1. The van der Waals surface area contributed by atoms with E-state index in [0.29, 0.717) is 0 Å². The highest BCUT2D eigenvalue weighted by Gasteiger charge is 2.07. The molecule has 4 heteroatoms. The molecule has 0 heterocycles. The van der Waals surface area contributed by atoms with Crippen molar-refractivity contribution >= 4 is 11.4 Å². The number of anilines is 1. The van der Waals surface area contributed by atoms with Gasteiger partial charge in [0.05, 0.1) is 4.92 Å². The Kier molecular flexibility index (Phi) is 2.84. The number of benzene rings is 1. The fourth-order valence-electron chi connectivity index (χ4n) is 1.10. The van der Waals surface area contributed by atoms with Gasteiger partial charge in [-0.3, -0.25) is 10.1 Å². The molecule has 1 aromatic carbocycles. The van der Waals surface area contributed by atoms with Crippen LogP contribution in [0.15, 0.2) is 18.2 Å². The van der Waals surface area contributed by atoms with Crippen LogP contribution in [-0.4, -0.2) is 11.5 Å². The van der Waals surface area contributed by atoms with Gasteiger partial charge in [-0.2, -0.15) is 0 Å². The molecule has 1 aromatic rings. The molecule has 0 aliphatic heterocycles. The van der Waals surface area contributed by atoms with Crippen molar-refractivity contribution in [2.75, 3.05) is 11.9 Å². The molecule has 0 aliphatic rings. The number of nitro benzene ring substituents is 1. The van der Waals surface area contributed by atoms with Crippen LogP contribution < -0.4 is 5.32 Å². The van der Waals surface area contributed by atoms with Crippen molar-refractivity contribution in [1.29, 1.82) is 0 Å². The Hall–Kier alpha value is -1.58. The number of hydrogen-bond donors (Lipinski definition) is 1. The quantitative estimate of drug-likeness (QED) is 0.573. The molecule has 0 spiro atoms. The van der Waals surface area contributed by atoms with Crippen LogP contribution in [0.5, 0.6) is 0 Å². The Morgan fingerprint density at radius 2 is 2.23 bits per heavy atom. The van der Waals surface area contributed by atoms with E-state index in [1.165, 1.54) is 6.07 Å². The standard InChI is InChI=1S/C9H12N2O2/c1-3-10-9-6-8(11(12)13)5-4-7(9)2/h4-6,10H,3H2,1-2H3. The second-order valence-electron chi connectivity index (χ2n) is 2.79. The van der Waals surface area contributed by atoms with E-state index in [4.69, 9.17) is 0 Å². The molecule has 0 unspecified atom stereocenters. The molecule has 0 saturated carbocycles. The first-order valence-corrected chi connectivity index (χ1v) is 4.14. The van der Waals surface area contributed by atoms with Gasteiger partial charge in [0.15, 0.2) is 0 Å². The Morgan fingerprint density at radius 3 is 2.77 bits per heavy atom. The van der Waals surface area contributed by atoms with Gasteiger partial charge >= 0.3 is 0 Å². The molecule has 70 valence electrons. The third-order valence-electron chi connectivity index (χ3n) is 1.80. The van der Waals surface area contributed by atoms with Crippen LogP contribution >= 0.6 is 0 Å². The summed E-state index contributed by atoms with van der Waals surface area (Å²) >= 11 is 0. The van der Waals surface area contributed by atoms with Crippen molar-refractivity contribution in [2.45, 2.75) is 13.8 Å². The van der Waals surface area contributed by atoms with Crippen molar-refractivity contribution in [1.82, 2.24) is 0 Å². The lowest BCUT2D eigenvalue weighted by Crippen LogP contribution is -1.99. The molecule has 0 atom stereocenters. The van der Waals surface area contributed by atoms with Crippen LogP contribution in [0, 0.1) is 17.0 Å². The van der Waals surface area contributed by atoms with Gasteiger partial charge in [-0.25, -0.2) is 0 Å². The van der Waals surface area contributed by atoms with Crippen LogP contribution in [0.3, 0.4) is 0 Å². The van der Waals surface area contributed by atoms with Crippen molar-refractivity contribution in [2.24, 2.45) is 0 Å². The van der Waals surface area contributed by atoms with Crippen molar-refractivity contribution in [3.05, 3.63) is 33.9 Å². The van der Waals surface area contributed by atoms with E-state index in [9.17, 15) is 10.1 Å². The number of nitrogens with zero attached hydrogens (tertiary/aromatic N) is 1. The normalized spacial score (nSPS) is 9.69. The molecule has 0 fully saturated rings. The smallest absolute Gasteiger partial charge is 0.271 e. The number of nitro groups is 1. The molecule has 0 aliphatic carbocycles. The van der Waals surface area contributed by atoms with E-state index in [2.05, 4.69) is 5.32 Å². The highest BCUT2D eigenvalue weighted by molar-refractivity contribution is 5.56. The zero-order valence-corrected chi connectivity index (χ0v) is 7.70. The fourth-order valence-corrected chi connectivity index (χ4v) is 1.10. The summed E-state index contributed by atoms with van der Waals surface area (Å²) in [4.78, 5) is 10.1. The average molecular weight is 180 g/mol. The highest BCUT2D eigenvalue weighted by atomic mass is 16.6. The summed E-state index contributed by atoms with van der Waals surface area (Å²) in [5.41, 5.74) is 1.98. The Morgan fingerprint density at radius 1 is 1.54 bits per heavy atom. The van der Waals surface area contributed by atoms with E-state index < -0.39 is 0 Å². The van der Waals surface area contributed by atoms with Gasteiger partial charge in [0, 0.05) is 24.4 Å². The lowest BCUT2D eigenvalue weighted by molar-refractivity contribution is -0.384. The van der Waals surface area contributed by atoms with Crippen LogP contribution in [-0.2, 0) is 0 Å². The second kappa shape index (κ2) is 3.89. The summed E-state index contributed by atoms with van der Waals surface area (Å²) in [7, 11) is 0. The molecular formula is C9H12N2O2. The van der Waals surface area contributed by atoms with Crippen LogP contribution in [0.2, 0.25) is 0 Å². The fraction of sp³-hybridized carbons (Fsp3) is 0.333. The zero-order chi connectivity index (χ0) is 9.84. The van der Waals surface area contributed by atoms with Gasteiger partial charge in [-0.1, -0.05) is 6.07 Å². The average Bonchev–Trinajstić information content (AvgIpc) is 2.08. The summed E-state index contributed by atoms with van der Waals surface area (Å²) in [6, 6.07) is 4.81. The zero-order valence-electron chi connectivity index (χ0n) is 7.70. The first-order valence-electron chi connectivity index (χ1n) is 4.14. The van der Waals surface area contributed by atoms with Gasteiger partial charge in [0.25, 0.3) is 5.69 Å². The first-order chi connectivity index (χ1) is 6.15. The first kappa shape index (κ1) is 9.51. The molecule has 0 saturated heterocycles. The molecule has 0 bridgehead atoms. The summed E-state index contributed by atoms with van der Waals surface area (Å²) in [5.74, 6) is 0. The molecule has 1 N–H and O–H groups in total. The predicted octanol–water partition coefficient (Wildman–Crippen LogP) is 2.34. The Labute approximate surface area is 76.7 Å². The SMILES string of the molecule is CCNc1cc([N+](=O)[O-])ccc1C. The largest absolute Gasteiger partial charge is 0.385 e. The summed E-state index contributed by atoms with van der Waals surface area (Å²) in [5, 5.41) is 13.5. The Balaban J connectivity index is 3.03. The maximum Gasteiger partial charge on any atom is 0.271 e. The minimum absolute atomic E-state index is 0.126. The van der Waals surface area contributed by atoms with Gasteiger partial charge in [-0.05, 0) is 19.4 Å². The summed E-state index contributed by atoms with van der Waals surface area (Å²) in [6.45, 7) is 4.64. The number of rotatable bonds is 3. The van der Waals surface area contributed by atoms with Crippen LogP contribution in [0.4, 0.5) is 11.4 Å². The minimum Gasteiger partial charge on any atom is -0.385 e. The predicted molar refractivity (Wildman–Crippen MR) is 52.0 cm³/mol. The molecule has 0 radical (unpaired) electrons. The van der Waals surface area contributed by atoms with E-state index in [1.807, 2.05) is 13.8 Å². The summed E-state index contributed by atoms with van der Waals surface area (Å²) in [6.07, 6.45) is 0. The number of hydrogen-bond acceptors (Lipinski definition) is 3. The topological polar surface area (TPSA) is 55.2 Å². The van der Waals surface area contributed by atoms with E-state index in [0.717, 1.165) is 17.8 Å². The maximum absolute atomic E-state index is 10.4. The Bertz CT molecular complexity index is 323. The van der Waals surface area contributed by atoms with Gasteiger partial charge in [-0.15, -0.1) is 0 Å². The molecular weight excluding hydrogens is 168 g/mol. The van der Waals surface area contributed by atoms with Gasteiger partial charge in [0.1, 0.15) is 0 Å². The lowest BCUT2D eigenvalue weighted by atomic mass is 10.2. The third-order valence-corrected chi connectivity index (χ3v) is 1.80. The van der Waals surface area contributed by atoms with Crippen molar-refractivity contribution < 1.29 is 4.92 Å². The molecule has 4 nitrogen and oxygen atoms in total. The highest BCUT2D eigenvalue weighted by Crippen LogP contribution is 2.21. The van der Waals surface area contributed by atoms with Crippen molar-refractivity contribution in [3.63, 3.8) is 0 Å². The van der Waals surface area contributed by atoms with Crippen LogP contribution in [0.1, 0.15) is 12.5 Å². The van der Waals surface area contributed by atoms with E-state index in [1.54, 1.807) is 12.1 Å². The maximum atomic E-state index is 10.4. The second-order valence-corrected chi connectivity index (χ2v) is 2.79. The van der Waals surface area contributed by atoms with Crippen molar-refractivity contribution in [3.8, 4) is 0 Å². The number of non-ortho nitro benzene ring substituents is 1. The monoisotopic (exact) mass is 180 g/mol. The molecule has 0 amide bonds. The number of aryl methyl sites for hydroxylation is 1. The molecule has 13 heavy (non-hydrogen) atoms. The minimum atomic E-state index is -0.389. The molecule has 0 aromatic heterocycles. The molecule has 1 rings (SSSR count). The van der Waals surface area contributed by atoms with Gasteiger partial charge in [0.2, 0.25) is 0 Å². The third kappa shape index (κ3) is 2.18. The van der Waals surface area contributed by atoms with E-state index >= 15 is 0 Å². The van der Waals surface area contributed by atoms with Gasteiger partial charge < -0.3 is 5.32 Å². The lowest BCUT2D eigenvalue weighted by Gasteiger charge is -2.05. The van der Waals surface area contributed by atoms with Crippen LogP contribution in [0.25, 0.3) is 0 Å². The summed E-state index contributed by atoms with van der Waals surface area (Å²) < 4.78 is 0. The van der Waals surface area contributed by atoms with E-state index in [-0.39, 0.29) is 10.6 Å².